The lowest BCUT2D eigenvalue weighted by atomic mass is 10.0. The van der Waals surface area contributed by atoms with Crippen molar-refractivity contribution in [1.82, 2.24) is 0 Å². The van der Waals surface area contributed by atoms with Gasteiger partial charge < -0.3 is 15.5 Å². The molecule has 3 rings (SSSR count). The summed E-state index contributed by atoms with van der Waals surface area (Å²) in [6, 6.07) is 21.4. The fourth-order valence-corrected chi connectivity index (χ4v) is 2.34. The molecule has 3 aromatic carbocycles. The lowest BCUT2D eigenvalue weighted by Gasteiger charge is -2.12. The Morgan fingerprint density at radius 1 is 0.826 bits per heavy atom. The molecule has 0 bridgehead atoms. The molecule has 4 heteroatoms. The van der Waals surface area contributed by atoms with Gasteiger partial charge in [0.25, 0.3) is 0 Å². The van der Waals surface area contributed by atoms with Gasteiger partial charge >= 0.3 is 5.97 Å². The first-order chi connectivity index (χ1) is 11.1. The first kappa shape index (κ1) is 14.7. The fraction of sp³-hybridized carbons (Fsp3) is 0. The van der Waals surface area contributed by atoms with Crippen molar-refractivity contribution < 1.29 is 15.0 Å². The highest BCUT2D eigenvalue weighted by atomic mass is 16.4. The van der Waals surface area contributed by atoms with Crippen molar-refractivity contribution in [3.63, 3.8) is 0 Å². The minimum Gasteiger partial charge on any atom is -0.508 e. The minimum absolute atomic E-state index is 0.159. The lowest BCUT2D eigenvalue weighted by Crippen LogP contribution is -2.03. The molecular formula is C19H15NO3. The molecule has 3 N–H and O–H groups in total. The van der Waals surface area contributed by atoms with E-state index in [0.717, 1.165) is 11.1 Å². The number of benzene rings is 3. The van der Waals surface area contributed by atoms with Gasteiger partial charge in [-0.25, -0.2) is 4.79 Å². The zero-order valence-electron chi connectivity index (χ0n) is 12.2. The number of hydrogen-bond donors (Lipinski definition) is 3. The van der Waals surface area contributed by atoms with Gasteiger partial charge in [0.1, 0.15) is 5.75 Å². The highest BCUT2D eigenvalue weighted by molar-refractivity contribution is 5.96. The maximum absolute atomic E-state index is 11.4. The van der Waals surface area contributed by atoms with Crippen LogP contribution in [0, 0.1) is 0 Å². The van der Waals surface area contributed by atoms with Crippen LogP contribution in [0.5, 0.6) is 5.75 Å². The van der Waals surface area contributed by atoms with Crippen LogP contribution < -0.4 is 5.32 Å². The van der Waals surface area contributed by atoms with Gasteiger partial charge in [0, 0.05) is 5.69 Å². The smallest absolute Gasteiger partial charge is 0.337 e. The van der Waals surface area contributed by atoms with E-state index in [1.165, 1.54) is 0 Å². The molecule has 4 nitrogen and oxygen atoms in total. The van der Waals surface area contributed by atoms with Gasteiger partial charge in [-0.05, 0) is 47.5 Å². The number of hydrogen-bond acceptors (Lipinski definition) is 3. The van der Waals surface area contributed by atoms with Crippen molar-refractivity contribution in [3.05, 3.63) is 78.4 Å². The summed E-state index contributed by atoms with van der Waals surface area (Å²) in [6.45, 7) is 0. The van der Waals surface area contributed by atoms with E-state index < -0.39 is 5.97 Å². The summed E-state index contributed by atoms with van der Waals surface area (Å²) in [5.41, 5.74) is 3.34. The molecule has 0 atom stereocenters. The van der Waals surface area contributed by atoms with Crippen molar-refractivity contribution in [3.8, 4) is 16.9 Å². The zero-order valence-corrected chi connectivity index (χ0v) is 12.2. The van der Waals surface area contributed by atoms with Gasteiger partial charge in [-0.1, -0.05) is 36.4 Å². The summed E-state index contributed by atoms with van der Waals surface area (Å²) >= 11 is 0. The van der Waals surface area contributed by atoms with Crippen LogP contribution >= 0.6 is 0 Å². The number of carboxylic acid groups (broad SMARTS) is 1. The first-order valence-electron chi connectivity index (χ1n) is 7.12. The van der Waals surface area contributed by atoms with Crippen LogP contribution in [-0.2, 0) is 0 Å². The maximum atomic E-state index is 11.4. The molecule has 0 saturated carbocycles. The Morgan fingerprint density at radius 3 is 2.17 bits per heavy atom. The van der Waals surface area contributed by atoms with Crippen molar-refractivity contribution in [2.45, 2.75) is 0 Å². The third-order valence-electron chi connectivity index (χ3n) is 3.50. The van der Waals surface area contributed by atoms with Crippen LogP contribution in [0.4, 0.5) is 11.4 Å². The zero-order chi connectivity index (χ0) is 16.2. The first-order valence-corrected chi connectivity index (χ1v) is 7.12. The van der Waals surface area contributed by atoms with E-state index in [1.54, 1.807) is 36.4 Å². The summed E-state index contributed by atoms with van der Waals surface area (Å²) in [4.78, 5) is 11.4. The number of anilines is 2. The summed E-state index contributed by atoms with van der Waals surface area (Å²) < 4.78 is 0. The molecule has 0 aliphatic carbocycles. The second kappa shape index (κ2) is 6.23. The van der Waals surface area contributed by atoms with Gasteiger partial charge in [0.05, 0.1) is 11.3 Å². The monoisotopic (exact) mass is 305 g/mol. The van der Waals surface area contributed by atoms with E-state index in [0.29, 0.717) is 11.4 Å². The summed E-state index contributed by atoms with van der Waals surface area (Å²) in [7, 11) is 0. The standard InChI is InChI=1S/C19H15NO3/c21-16-9-7-15(8-10-16)20-18-12-14(6-11-17(18)19(22)23)13-4-2-1-3-5-13/h1-12,20-21H,(H,22,23). The third-order valence-corrected chi connectivity index (χ3v) is 3.50. The number of rotatable bonds is 4. The number of carbonyl (C=O) groups is 1. The maximum Gasteiger partial charge on any atom is 0.337 e. The molecule has 0 saturated heterocycles. The van der Waals surface area contributed by atoms with Gasteiger partial charge in [0.2, 0.25) is 0 Å². The van der Waals surface area contributed by atoms with E-state index in [2.05, 4.69) is 5.32 Å². The van der Waals surface area contributed by atoms with Gasteiger partial charge in [0.15, 0.2) is 0 Å². The van der Waals surface area contributed by atoms with Gasteiger partial charge in [-0.15, -0.1) is 0 Å². The molecule has 0 aliphatic rings. The van der Waals surface area contributed by atoms with Crippen LogP contribution in [0.25, 0.3) is 11.1 Å². The van der Waals surface area contributed by atoms with E-state index in [4.69, 9.17) is 0 Å². The molecule has 0 spiro atoms. The average molecular weight is 305 g/mol. The molecule has 0 fully saturated rings. The predicted molar refractivity (Wildman–Crippen MR) is 90.2 cm³/mol. The van der Waals surface area contributed by atoms with Gasteiger partial charge in [-0.2, -0.15) is 0 Å². The van der Waals surface area contributed by atoms with Crippen molar-refractivity contribution in [1.29, 1.82) is 0 Å². The third kappa shape index (κ3) is 3.32. The van der Waals surface area contributed by atoms with E-state index in [1.807, 2.05) is 36.4 Å². The van der Waals surface area contributed by atoms with Crippen molar-refractivity contribution in [2.75, 3.05) is 5.32 Å². The molecule has 0 unspecified atom stereocenters. The van der Waals surface area contributed by atoms with Gasteiger partial charge in [-0.3, -0.25) is 0 Å². The largest absolute Gasteiger partial charge is 0.508 e. The highest BCUT2D eigenvalue weighted by Gasteiger charge is 2.12. The molecule has 114 valence electrons. The summed E-state index contributed by atoms with van der Waals surface area (Å²) in [6.07, 6.45) is 0. The topological polar surface area (TPSA) is 69.6 Å². The molecule has 0 heterocycles. The Balaban J connectivity index is 2.01. The number of aromatic hydroxyl groups is 1. The van der Waals surface area contributed by atoms with Crippen LogP contribution in [0.1, 0.15) is 10.4 Å². The fourth-order valence-electron chi connectivity index (χ4n) is 2.34. The number of carboxylic acids is 1. The van der Waals surface area contributed by atoms with Crippen LogP contribution in [0.2, 0.25) is 0 Å². The SMILES string of the molecule is O=C(O)c1ccc(-c2ccccc2)cc1Nc1ccc(O)cc1. The van der Waals surface area contributed by atoms with E-state index >= 15 is 0 Å². The minimum atomic E-state index is -0.995. The molecule has 0 aromatic heterocycles. The molecule has 0 radical (unpaired) electrons. The number of nitrogens with one attached hydrogen (secondary N) is 1. The van der Waals surface area contributed by atoms with Crippen molar-refractivity contribution in [2.24, 2.45) is 0 Å². The quantitative estimate of drug-likeness (QED) is 0.621. The second-order valence-electron chi connectivity index (χ2n) is 5.10. The number of phenolic OH excluding ortho intramolecular Hbond substituents is 1. The lowest BCUT2D eigenvalue weighted by molar-refractivity contribution is 0.0698. The van der Waals surface area contributed by atoms with Crippen LogP contribution in [0.3, 0.4) is 0 Å². The van der Waals surface area contributed by atoms with Crippen LogP contribution in [-0.4, -0.2) is 16.2 Å². The Labute approximate surface area is 133 Å². The molecule has 0 aliphatic heterocycles. The van der Waals surface area contributed by atoms with Crippen LogP contribution in [0.15, 0.2) is 72.8 Å². The van der Waals surface area contributed by atoms with E-state index in [9.17, 15) is 15.0 Å². The highest BCUT2D eigenvalue weighted by Crippen LogP contribution is 2.28. The van der Waals surface area contributed by atoms with Crippen molar-refractivity contribution >= 4 is 17.3 Å². The Bertz CT molecular complexity index is 827. The van der Waals surface area contributed by atoms with E-state index in [-0.39, 0.29) is 11.3 Å². The normalized spacial score (nSPS) is 10.3. The Morgan fingerprint density at radius 2 is 1.52 bits per heavy atom. The summed E-state index contributed by atoms with van der Waals surface area (Å²) in [5.74, 6) is -0.835. The molecule has 3 aromatic rings. The second-order valence-corrected chi connectivity index (χ2v) is 5.10. The summed E-state index contributed by atoms with van der Waals surface area (Å²) in [5, 5.41) is 21.8. The Hall–Kier alpha value is -3.27. The number of phenols is 1. The average Bonchev–Trinajstić information content (AvgIpc) is 2.57. The number of aromatic carboxylic acids is 1. The molecule has 0 amide bonds. The molecular weight excluding hydrogens is 290 g/mol. The molecule has 23 heavy (non-hydrogen) atoms. The predicted octanol–water partition coefficient (Wildman–Crippen LogP) is 4.50. The Kier molecular flexibility index (Phi) is 3.97.